The molecule has 0 saturated carbocycles. The van der Waals surface area contributed by atoms with E-state index in [1.807, 2.05) is 56.6 Å². The van der Waals surface area contributed by atoms with Crippen LogP contribution < -0.4 is 31.9 Å². The van der Waals surface area contributed by atoms with Gasteiger partial charge in [0.25, 0.3) is 17.0 Å². The lowest BCUT2D eigenvalue weighted by Gasteiger charge is -2.10. The van der Waals surface area contributed by atoms with Crippen molar-refractivity contribution in [2.24, 2.45) is 0 Å². The first-order chi connectivity index (χ1) is 19.9. The first kappa shape index (κ1) is 29.3. The fraction of sp³-hybridized carbons (Fsp3) is 0.242. The molecule has 8 nitrogen and oxygen atoms in total. The zero-order chi connectivity index (χ0) is 29.0. The second-order valence-electron chi connectivity index (χ2n) is 10.1. The number of carbonyl (C=O) groups is 1. The average Bonchev–Trinajstić information content (AvgIpc) is 2.97. The lowest BCUT2D eigenvalue weighted by atomic mass is 10.1. The van der Waals surface area contributed by atoms with Crippen LogP contribution in [-0.4, -0.2) is 54.6 Å². The topological polar surface area (TPSA) is 107 Å². The molecule has 0 atom stereocenters. The van der Waals surface area contributed by atoms with E-state index in [-0.39, 0.29) is 16.6 Å². The molecule has 3 aromatic carbocycles. The van der Waals surface area contributed by atoms with Crippen molar-refractivity contribution >= 4 is 18.1 Å². The second-order valence-corrected chi connectivity index (χ2v) is 10.1. The van der Waals surface area contributed by atoms with Gasteiger partial charge in [-0.1, -0.05) is 54.6 Å². The number of aromatic amines is 2. The molecule has 1 aromatic heterocycles. The van der Waals surface area contributed by atoms with E-state index < -0.39 is 11.1 Å². The maximum atomic E-state index is 12.7. The molecule has 0 radical (unpaired) electrons. The molecule has 0 unspecified atom stereocenters. The fourth-order valence-corrected chi connectivity index (χ4v) is 4.23. The van der Waals surface area contributed by atoms with Crippen molar-refractivity contribution in [2.75, 3.05) is 33.8 Å². The molecule has 0 bridgehead atoms. The Morgan fingerprint density at radius 2 is 1.39 bits per heavy atom. The Kier molecular flexibility index (Phi) is 10.5. The van der Waals surface area contributed by atoms with Crippen LogP contribution in [0.2, 0.25) is 0 Å². The van der Waals surface area contributed by atoms with E-state index in [2.05, 4.69) is 32.3 Å². The maximum absolute atomic E-state index is 12.7. The van der Waals surface area contributed by atoms with Gasteiger partial charge < -0.3 is 24.9 Å². The number of amides is 1. The number of nitrogens with one attached hydrogen (secondary N) is 3. The highest BCUT2D eigenvalue weighted by Crippen LogP contribution is 2.12. The summed E-state index contributed by atoms with van der Waals surface area (Å²) in [4.78, 5) is 45.3. The average molecular weight is 553 g/mol. The molecular formula is C33H36N4O4. The minimum atomic E-state index is -0.420. The van der Waals surface area contributed by atoms with E-state index in [4.69, 9.17) is 4.74 Å². The third kappa shape index (κ3) is 9.19. The quantitative estimate of drug-likeness (QED) is 0.234. The molecule has 3 N–H and O–H groups in total. The Bertz CT molecular complexity index is 1660. The number of hydrogen-bond acceptors (Lipinski definition) is 5. The third-order valence-corrected chi connectivity index (χ3v) is 6.45. The minimum absolute atomic E-state index is 0.131. The second kappa shape index (κ2) is 14.6. The van der Waals surface area contributed by atoms with Gasteiger partial charge in [-0.25, -0.2) is 0 Å². The Morgan fingerprint density at radius 3 is 1.98 bits per heavy atom. The molecule has 41 heavy (non-hydrogen) atoms. The number of aryl methyl sites for hydroxylation is 1. The highest BCUT2D eigenvalue weighted by molar-refractivity contribution is 5.94. The van der Waals surface area contributed by atoms with Gasteiger partial charge in [-0.2, -0.15) is 0 Å². The van der Waals surface area contributed by atoms with Crippen LogP contribution in [0.4, 0.5) is 0 Å². The van der Waals surface area contributed by atoms with Crippen LogP contribution >= 0.6 is 0 Å². The van der Waals surface area contributed by atoms with Crippen LogP contribution in [0.1, 0.15) is 39.9 Å². The van der Waals surface area contributed by atoms with Crippen molar-refractivity contribution in [1.82, 2.24) is 20.2 Å². The van der Waals surface area contributed by atoms with Gasteiger partial charge >= 0.3 is 0 Å². The van der Waals surface area contributed by atoms with Crippen LogP contribution in [0.25, 0.3) is 12.2 Å². The largest absolute Gasteiger partial charge is 0.494 e. The van der Waals surface area contributed by atoms with Crippen molar-refractivity contribution < 1.29 is 9.53 Å². The van der Waals surface area contributed by atoms with E-state index in [0.29, 0.717) is 24.3 Å². The first-order valence-electron chi connectivity index (χ1n) is 13.7. The molecule has 0 spiro atoms. The number of rotatable bonds is 12. The summed E-state index contributed by atoms with van der Waals surface area (Å²) in [6.45, 7) is 2.15. The Balaban J connectivity index is 1.37. The number of benzene rings is 3. The van der Waals surface area contributed by atoms with Gasteiger partial charge in [-0.05, 0) is 86.5 Å². The smallest absolute Gasteiger partial charge is 0.272 e. The fourth-order valence-electron chi connectivity index (χ4n) is 4.23. The molecule has 0 aliphatic heterocycles. The van der Waals surface area contributed by atoms with Crippen LogP contribution in [0.5, 0.6) is 5.75 Å². The molecule has 8 heteroatoms. The van der Waals surface area contributed by atoms with Crippen molar-refractivity contribution in [1.29, 1.82) is 0 Å². The Hall–Kier alpha value is -4.69. The lowest BCUT2D eigenvalue weighted by molar-refractivity contribution is 0.0953. The molecular weight excluding hydrogens is 516 g/mol. The molecule has 4 aromatic rings. The van der Waals surface area contributed by atoms with Crippen LogP contribution in [0.3, 0.4) is 0 Å². The standard InChI is InChI=1S/C33H36N4O4/c1-37(2)20-7-21-41-28-17-13-26(14-18-28)23-30-33(40)35-29(32(39)36-30)22-25-11-15-27(16-12-25)31(38)34-19-6-10-24-8-4-3-5-9-24/h3-5,8-9,11-18,22-23H,6-7,10,19-21H2,1-2H3,(H,34,38)(H,35,40)(H,36,39). The number of carbonyl (C=O) groups excluding carboxylic acids is 1. The molecule has 1 amide bonds. The van der Waals surface area contributed by atoms with Gasteiger partial charge in [0.15, 0.2) is 0 Å². The Morgan fingerprint density at radius 1 is 0.805 bits per heavy atom. The molecule has 212 valence electrons. The molecule has 0 saturated heterocycles. The van der Waals surface area contributed by atoms with E-state index in [1.54, 1.807) is 36.4 Å². The zero-order valence-corrected chi connectivity index (χ0v) is 23.5. The molecule has 0 fully saturated rings. The van der Waals surface area contributed by atoms with Gasteiger partial charge in [0.05, 0.1) is 6.61 Å². The summed E-state index contributed by atoms with van der Waals surface area (Å²) in [7, 11) is 4.05. The van der Waals surface area contributed by atoms with Crippen molar-refractivity contribution in [3.05, 3.63) is 133 Å². The van der Waals surface area contributed by atoms with Gasteiger partial charge in [0.2, 0.25) is 0 Å². The van der Waals surface area contributed by atoms with Crippen LogP contribution in [0, 0.1) is 0 Å². The summed E-state index contributed by atoms with van der Waals surface area (Å²) in [6.07, 6.45) is 5.87. The van der Waals surface area contributed by atoms with E-state index in [1.165, 1.54) is 5.56 Å². The van der Waals surface area contributed by atoms with Gasteiger partial charge in [-0.3, -0.25) is 14.4 Å². The summed E-state index contributed by atoms with van der Waals surface area (Å²) in [5, 5.41) is 3.23. The Labute approximate surface area is 239 Å². The van der Waals surface area contributed by atoms with E-state index in [0.717, 1.165) is 37.1 Å². The number of H-pyrrole nitrogens is 2. The predicted molar refractivity (Wildman–Crippen MR) is 163 cm³/mol. The lowest BCUT2D eigenvalue weighted by Crippen LogP contribution is -2.46. The summed E-state index contributed by atoms with van der Waals surface area (Å²) in [5.74, 6) is 0.597. The normalized spacial score (nSPS) is 12.1. The molecule has 0 aliphatic carbocycles. The van der Waals surface area contributed by atoms with Crippen molar-refractivity contribution in [3.8, 4) is 5.75 Å². The predicted octanol–water partition coefficient (Wildman–Crippen LogP) is 2.41. The number of aromatic nitrogens is 2. The van der Waals surface area contributed by atoms with Gasteiger partial charge in [0.1, 0.15) is 16.4 Å². The summed E-state index contributed by atoms with van der Waals surface area (Å²) in [6, 6.07) is 24.4. The van der Waals surface area contributed by atoms with Crippen LogP contribution in [0.15, 0.2) is 88.5 Å². The number of hydrogen-bond donors (Lipinski definition) is 3. The summed E-state index contributed by atoms with van der Waals surface area (Å²) < 4.78 is 5.74. The summed E-state index contributed by atoms with van der Waals surface area (Å²) >= 11 is 0. The first-order valence-corrected chi connectivity index (χ1v) is 13.7. The van der Waals surface area contributed by atoms with Gasteiger partial charge in [0, 0.05) is 18.7 Å². The molecule has 4 rings (SSSR count). The van der Waals surface area contributed by atoms with Crippen molar-refractivity contribution in [2.45, 2.75) is 19.3 Å². The minimum Gasteiger partial charge on any atom is -0.494 e. The van der Waals surface area contributed by atoms with Crippen LogP contribution in [-0.2, 0) is 6.42 Å². The molecule has 0 aliphatic rings. The van der Waals surface area contributed by atoms with E-state index >= 15 is 0 Å². The monoisotopic (exact) mass is 552 g/mol. The zero-order valence-electron chi connectivity index (χ0n) is 23.5. The third-order valence-electron chi connectivity index (χ3n) is 6.45. The maximum Gasteiger partial charge on any atom is 0.272 e. The number of nitrogens with zero attached hydrogens (tertiary/aromatic N) is 1. The van der Waals surface area contributed by atoms with Crippen molar-refractivity contribution in [3.63, 3.8) is 0 Å². The molecule has 1 heterocycles. The number of ether oxygens (including phenoxy) is 1. The highest BCUT2D eigenvalue weighted by atomic mass is 16.5. The highest BCUT2D eigenvalue weighted by Gasteiger charge is 2.05. The SMILES string of the molecule is CN(C)CCCOc1ccc(C=c2[nH]c(=O)c(=Cc3ccc(C(=O)NCCCc4ccccc4)cc3)[nH]c2=O)cc1. The van der Waals surface area contributed by atoms with Gasteiger partial charge in [-0.15, -0.1) is 0 Å². The van der Waals surface area contributed by atoms with E-state index in [9.17, 15) is 14.4 Å². The summed E-state index contributed by atoms with van der Waals surface area (Å²) in [5.41, 5.74) is 2.39.